The van der Waals surface area contributed by atoms with Crippen molar-refractivity contribution >= 4 is 0 Å². The molecule has 2 unspecified atom stereocenters. The molecule has 0 amide bonds. The Hall–Kier alpha value is -0.900. The molecule has 1 aromatic carbocycles. The molecule has 1 fully saturated rings. The maximum Gasteiger partial charge on any atom is 0.106 e. The molecule has 1 aromatic rings. The molecule has 100 valence electrons. The van der Waals surface area contributed by atoms with Crippen LogP contribution in [0.4, 0.5) is 0 Å². The molecule has 1 aliphatic heterocycles. The molecule has 1 heterocycles. The Bertz CT molecular complexity index is 386. The topological polar surface area (TPSA) is 30.5 Å². The molecular formula is C15H23NO2. The van der Waals surface area contributed by atoms with Crippen molar-refractivity contribution < 1.29 is 9.47 Å². The quantitative estimate of drug-likeness (QED) is 0.869. The number of aryl methyl sites for hydroxylation is 1. The molecule has 3 heteroatoms. The molecule has 2 atom stereocenters. The Balaban J connectivity index is 1.93. The minimum absolute atomic E-state index is 0.141. The predicted molar refractivity (Wildman–Crippen MR) is 72.8 cm³/mol. The highest BCUT2D eigenvalue weighted by atomic mass is 16.5. The van der Waals surface area contributed by atoms with Gasteiger partial charge in [0.2, 0.25) is 0 Å². The normalized spacial score (nSPS) is 25.3. The van der Waals surface area contributed by atoms with E-state index in [1.165, 1.54) is 11.1 Å². The van der Waals surface area contributed by atoms with E-state index in [1.54, 1.807) is 7.11 Å². The molecule has 2 rings (SSSR count). The molecule has 3 nitrogen and oxygen atoms in total. The molecule has 1 saturated heterocycles. The van der Waals surface area contributed by atoms with E-state index < -0.39 is 0 Å². The summed E-state index contributed by atoms with van der Waals surface area (Å²) in [5, 5.41) is 3.55. The summed E-state index contributed by atoms with van der Waals surface area (Å²) in [4.78, 5) is 0. The summed E-state index contributed by atoms with van der Waals surface area (Å²) in [5.74, 6) is 0. The molecule has 18 heavy (non-hydrogen) atoms. The molecule has 1 N–H and O–H groups in total. The summed E-state index contributed by atoms with van der Waals surface area (Å²) in [7, 11) is 1.77. The van der Waals surface area contributed by atoms with Gasteiger partial charge in [-0.1, -0.05) is 29.8 Å². The molecule has 0 bridgehead atoms. The van der Waals surface area contributed by atoms with Crippen LogP contribution in [0.25, 0.3) is 0 Å². The van der Waals surface area contributed by atoms with Crippen molar-refractivity contribution in [3.8, 4) is 0 Å². The minimum atomic E-state index is -0.141. The van der Waals surface area contributed by atoms with Crippen LogP contribution < -0.4 is 5.32 Å². The Kier molecular flexibility index (Phi) is 4.38. The number of nitrogens with one attached hydrogen (secondary N) is 1. The monoisotopic (exact) mass is 249 g/mol. The van der Waals surface area contributed by atoms with Crippen LogP contribution in [-0.2, 0) is 9.47 Å². The van der Waals surface area contributed by atoms with E-state index in [1.807, 2.05) is 0 Å². The molecule has 1 aliphatic rings. The van der Waals surface area contributed by atoms with Crippen LogP contribution >= 0.6 is 0 Å². The van der Waals surface area contributed by atoms with Gasteiger partial charge in [-0.15, -0.1) is 0 Å². The zero-order valence-electron chi connectivity index (χ0n) is 11.5. The van der Waals surface area contributed by atoms with Gasteiger partial charge in [0.25, 0.3) is 0 Å². The van der Waals surface area contributed by atoms with Crippen molar-refractivity contribution in [2.45, 2.75) is 31.9 Å². The summed E-state index contributed by atoms with van der Waals surface area (Å²) >= 11 is 0. The molecule has 0 saturated carbocycles. The second-order valence-corrected chi connectivity index (χ2v) is 5.21. The van der Waals surface area contributed by atoms with Crippen LogP contribution in [0, 0.1) is 6.92 Å². The summed E-state index contributed by atoms with van der Waals surface area (Å²) in [5.41, 5.74) is 2.48. The van der Waals surface area contributed by atoms with Crippen LogP contribution in [0.3, 0.4) is 0 Å². The molecule has 0 aliphatic carbocycles. The third kappa shape index (κ3) is 3.10. The van der Waals surface area contributed by atoms with Crippen molar-refractivity contribution in [3.05, 3.63) is 35.4 Å². The number of hydrogen-bond donors (Lipinski definition) is 1. The fourth-order valence-corrected chi connectivity index (χ4v) is 2.36. The zero-order chi connectivity index (χ0) is 13.0. The third-order valence-corrected chi connectivity index (χ3v) is 3.77. The van der Waals surface area contributed by atoms with Crippen LogP contribution in [0.1, 0.15) is 30.5 Å². The van der Waals surface area contributed by atoms with Crippen LogP contribution in [-0.4, -0.2) is 32.5 Å². The standard InChI is InChI=1S/C15H23NO2/c1-12-5-4-6-14(9-12)13(2)16-10-15(17-3)7-8-18-11-15/h4-6,9,13,16H,7-8,10-11H2,1-3H3. The molecule has 0 radical (unpaired) electrons. The van der Waals surface area contributed by atoms with E-state index in [9.17, 15) is 0 Å². The van der Waals surface area contributed by atoms with E-state index >= 15 is 0 Å². The summed E-state index contributed by atoms with van der Waals surface area (Å²) in [6.45, 7) is 6.63. The highest BCUT2D eigenvalue weighted by Crippen LogP contribution is 2.23. The summed E-state index contributed by atoms with van der Waals surface area (Å²) in [6.07, 6.45) is 0.969. The van der Waals surface area contributed by atoms with E-state index in [2.05, 4.69) is 43.4 Å². The fourth-order valence-electron chi connectivity index (χ4n) is 2.36. The molecule has 0 aromatic heterocycles. The van der Waals surface area contributed by atoms with Gasteiger partial charge in [-0.05, 0) is 19.4 Å². The Morgan fingerprint density at radius 2 is 2.33 bits per heavy atom. The van der Waals surface area contributed by atoms with Gasteiger partial charge >= 0.3 is 0 Å². The van der Waals surface area contributed by atoms with E-state index in [-0.39, 0.29) is 5.60 Å². The van der Waals surface area contributed by atoms with Crippen molar-refractivity contribution in [2.24, 2.45) is 0 Å². The number of hydrogen-bond acceptors (Lipinski definition) is 3. The lowest BCUT2D eigenvalue weighted by Gasteiger charge is -2.28. The smallest absolute Gasteiger partial charge is 0.106 e. The Morgan fingerprint density at radius 3 is 2.94 bits per heavy atom. The number of rotatable bonds is 5. The average Bonchev–Trinajstić information content (AvgIpc) is 2.85. The van der Waals surface area contributed by atoms with Gasteiger partial charge in [-0.3, -0.25) is 0 Å². The first-order valence-corrected chi connectivity index (χ1v) is 6.58. The van der Waals surface area contributed by atoms with Gasteiger partial charge in [0.05, 0.1) is 6.61 Å². The van der Waals surface area contributed by atoms with Gasteiger partial charge in [0.1, 0.15) is 5.60 Å². The zero-order valence-corrected chi connectivity index (χ0v) is 11.5. The van der Waals surface area contributed by atoms with Crippen molar-refractivity contribution in [3.63, 3.8) is 0 Å². The van der Waals surface area contributed by atoms with Crippen molar-refractivity contribution in [2.75, 3.05) is 26.9 Å². The van der Waals surface area contributed by atoms with Gasteiger partial charge in [-0.2, -0.15) is 0 Å². The number of ether oxygens (including phenoxy) is 2. The third-order valence-electron chi connectivity index (χ3n) is 3.77. The number of benzene rings is 1. The lowest BCUT2D eigenvalue weighted by atomic mass is 10.0. The van der Waals surface area contributed by atoms with Crippen LogP contribution in [0.15, 0.2) is 24.3 Å². The molecule has 0 spiro atoms. The van der Waals surface area contributed by atoms with Gasteiger partial charge in [0.15, 0.2) is 0 Å². The first-order valence-electron chi connectivity index (χ1n) is 6.58. The van der Waals surface area contributed by atoms with Gasteiger partial charge in [-0.25, -0.2) is 0 Å². The van der Waals surface area contributed by atoms with Crippen LogP contribution in [0.2, 0.25) is 0 Å². The Morgan fingerprint density at radius 1 is 1.50 bits per heavy atom. The molecular weight excluding hydrogens is 226 g/mol. The van der Waals surface area contributed by atoms with Crippen molar-refractivity contribution in [1.82, 2.24) is 5.32 Å². The maximum atomic E-state index is 5.62. The lowest BCUT2D eigenvalue weighted by Crippen LogP contribution is -2.43. The lowest BCUT2D eigenvalue weighted by molar-refractivity contribution is -0.0172. The van der Waals surface area contributed by atoms with E-state index in [0.717, 1.165) is 19.6 Å². The maximum absolute atomic E-state index is 5.62. The first kappa shape index (κ1) is 13.5. The Labute approximate surface area is 109 Å². The van der Waals surface area contributed by atoms with E-state index in [4.69, 9.17) is 9.47 Å². The van der Waals surface area contributed by atoms with E-state index in [0.29, 0.717) is 12.6 Å². The average molecular weight is 249 g/mol. The minimum Gasteiger partial charge on any atom is -0.378 e. The number of methoxy groups -OCH3 is 1. The highest BCUT2D eigenvalue weighted by Gasteiger charge is 2.34. The van der Waals surface area contributed by atoms with Crippen molar-refractivity contribution in [1.29, 1.82) is 0 Å². The summed E-state index contributed by atoms with van der Waals surface area (Å²) < 4.78 is 11.1. The highest BCUT2D eigenvalue weighted by molar-refractivity contribution is 5.24. The van der Waals surface area contributed by atoms with Gasteiger partial charge in [0, 0.05) is 32.7 Å². The first-order chi connectivity index (χ1) is 8.65. The van der Waals surface area contributed by atoms with Gasteiger partial charge < -0.3 is 14.8 Å². The summed E-state index contributed by atoms with van der Waals surface area (Å²) in [6, 6.07) is 8.95. The second-order valence-electron chi connectivity index (χ2n) is 5.21. The SMILES string of the molecule is COC1(CNC(C)c2cccc(C)c2)CCOC1. The fraction of sp³-hybridized carbons (Fsp3) is 0.600. The second kappa shape index (κ2) is 5.83. The van der Waals surface area contributed by atoms with Crippen LogP contribution in [0.5, 0.6) is 0 Å². The predicted octanol–water partition coefficient (Wildman–Crippen LogP) is 2.45. The largest absolute Gasteiger partial charge is 0.378 e.